The Hall–Kier alpha value is -0.120. The van der Waals surface area contributed by atoms with Crippen molar-refractivity contribution in [1.82, 2.24) is 0 Å². The van der Waals surface area contributed by atoms with Gasteiger partial charge < -0.3 is 14.6 Å². The molecule has 0 aromatic heterocycles. The lowest BCUT2D eigenvalue weighted by atomic mass is 10.5. The Balaban J connectivity index is 2.60. The molecule has 3 heteroatoms. The average molecular weight is 133 g/mol. The zero-order valence-corrected chi connectivity index (χ0v) is 5.51. The van der Waals surface area contributed by atoms with Crippen LogP contribution < -0.4 is 0 Å². The molecule has 0 spiro atoms. The molecule has 1 radical (unpaired) electrons. The number of ether oxygens (including phenoxy) is 2. The number of rotatable bonds is 6. The van der Waals surface area contributed by atoms with Gasteiger partial charge in [0.05, 0.1) is 13.2 Å². The highest BCUT2D eigenvalue weighted by molar-refractivity contribution is 4.35. The molecule has 0 fully saturated rings. The van der Waals surface area contributed by atoms with Crippen LogP contribution in [-0.4, -0.2) is 31.7 Å². The van der Waals surface area contributed by atoms with Crippen molar-refractivity contribution in [3.8, 4) is 0 Å². The zero-order valence-electron chi connectivity index (χ0n) is 5.51. The lowest BCUT2D eigenvalue weighted by Crippen LogP contribution is -2.04. The fourth-order valence-electron chi connectivity index (χ4n) is 0.387. The second kappa shape index (κ2) is 7.88. The molecule has 0 rings (SSSR count). The summed E-state index contributed by atoms with van der Waals surface area (Å²) < 4.78 is 9.58. The molecular formula is C6H13O3. The number of aliphatic hydroxyl groups excluding tert-OH is 1. The summed E-state index contributed by atoms with van der Waals surface area (Å²) in [4.78, 5) is 0. The highest BCUT2D eigenvalue weighted by Crippen LogP contribution is 1.79. The monoisotopic (exact) mass is 133 g/mol. The predicted molar refractivity (Wildman–Crippen MR) is 33.8 cm³/mol. The molecule has 0 atom stereocenters. The first kappa shape index (κ1) is 8.88. The smallest absolute Gasteiger partial charge is 0.143 e. The van der Waals surface area contributed by atoms with Gasteiger partial charge in [-0.3, -0.25) is 0 Å². The summed E-state index contributed by atoms with van der Waals surface area (Å²) in [7, 11) is 0. The van der Waals surface area contributed by atoms with E-state index in [4.69, 9.17) is 9.84 Å². The fraction of sp³-hybridized carbons (Fsp3) is 0.833. The number of hydrogen-bond acceptors (Lipinski definition) is 3. The van der Waals surface area contributed by atoms with E-state index in [1.54, 1.807) is 0 Å². The fourth-order valence-corrected chi connectivity index (χ4v) is 0.387. The van der Waals surface area contributed by atoms with Gasteiger partial charge in [-0.05, 0) is 6.42 Å². The van der Waals surface area contributed by atoms with E-state index in [0.29, 0.717) is 19.8 Å². The summed E-state index contributed by atoms with van der Waals surface area (Å²) >= 11 is 0. The van der Waals surface area contributed by atoms with Crippen molar-refractivity contribution in [2.45, 2.75) is 6.42 Å². The van der Waals surface area contributed by atoms with Gasteiger partial charge in [-0.25, -0.2) is 0 Å². The maximum Gasteiger partial charge on any atom is 0.143 e. The van der Waals surface area contributed by atoms with E-state index in [9.17, 15) is 0 Å². The van der Waals surface area contributed by atoms with Crippen LogP contribution >= 0.6 is 0 Å². The van der Waals surface area contributed by atoms with Gasteiger partial charge in [0.1, 0.15) is 6.79 Å². The summed E-state index contributed by atoms with van der Waals surface area (Å²) in [6.07, 6.45) is 0.777. The molecule has 0 heterocycles. The summed E-state index contributed by atoms with van der Waals surface area (Å²) in [5.41, 5.74) is 0. The summed E-state index contributed by atoms with van der Waals surface area (Å²) in [6, 6.07) is 0. The quantitative estimate of drug-likeness (QED) is 0.415. The first-order valence-electron chi connectivity index (χ1n) is 2.97. The molecule has 0 saturated carbocycles. The van der Waals surface area contributed by atoms with Crippen molar-refractivity contribution in [1.29, 1.82) is 0 Å². The van der Waals surface area contributed by atoms with Gasteiger partial charge >= 0.3 is 0 Å². The maximum absolute atomic E-state index is 8.13. The normalized spacial score (nSPS) is 10.0. The van der Waals surface area contributed by atoms with Crippen LogP contribution in [0.1, 0.15) is 6.42 Å². The van der Waals surface area contributed by atoms with Crippen molar-refractivity contribution < 1.29 is 14.6 Å². The predicted octanol–water partition coefficient (Wildman–Crippen LogP) is 0.194. The summed E-state index contributed by atoms with van der Waals surface area (Å²) in [5, 5.41) is 8.13. The van der Waals surface area contributed by atoms with E-state index in [0.717, 1.165) is 6.42 Å². The molecule has 0 aliphatic heterocycles. The molecule has 9 heavy (non-hydrogen) atoms. The van der Waals surface area contributed by atoms with E-state index in [2.05, 4.69) is 11.7 Å². The highest BCUT2D eigenvalue weighted by Gasteiger charge is 1.84. The van der Waals surface area contributed by atoms with Crippen LogP contribution in [0, 0.1) is 6.92 Å². The molecule has 0 saturated heterocycles. The molecule has 0 aromatic rings. The summed E-state index contributed by atoms with van der Waals surface area (Å²) in [6.45, 7) is 5.01. The van der Waals surface area contributed by atoms with Crippen molar-refractivity contribution in [3.05, 3.63) is 6.92 Å². The minimum atomic E-state index is -0.228. The first-order chi connectivity index (χ1) is 4.41. The Labute approximate surface area is 55.6 Å². The maximum atomic E-state index is 8.13. The van der Waals surface area contributed by atoms with Gasteiger partial charge in [-0.2, -0.15) is 0 Å². The molecule has 1 N–H and O–H groups in total. The first-order valence-corrected chi connectivity index (χ1v) is 2.97. The van der Waals surface area contributed by atoms with E-state index in [-0.39, 0.29) is 6.79 Å². The molecule has 0 unspecified atom stereocenters. The van der Waals surface area contributed by atoms with Crippen LogP contribution in [0.2, 0.25) is 0 Å². The SMILES string of the molecule is [CH2]CCOCCOCO. The van der Waals surface area contributed by atoms with Crippen LogP contribution in [0.25, 0.3) is 0 Å². The van der Waals surface area contributed by atoms with Crippen LogP contribution in [0.15, 0.2) is 0 Å². The van der Waals surface area contributed by atoms with Gasteiger partial charge in [0.2, 0.25) is 0 Å². The van der Waals surface area contributed by atoms with Crippen LogP contribution in [0.4, 0.5) is 0 Å². The van der Waals surface area contributed by atoms with Crippen molar-refractivity contribution in [2.24, 2.45) is 0 Å². The molecule has 55 valence electrons. The van der Waals surface area contributed by atoms with E-state index < -0.39 is 0 Å². The standard InChI is InChI=1S/C6H13O3/c1-2-3-8-4-5-9-6-7/h7H,1-6H2. The minimum absolute atomic E-state index is 0.228. The Morgan fingerprint density at radius 2 is 1.78 bits per heavy atom. The van der Waals surface area contributed by atoms with Crippen LogP contribution in [-0.2, 0) is 9.47 Å². The second-order valence-electron chi connectivity index (χ2n) is 1.50. The topological polar surface area (TPSA) is 38.7 Å². The van der Waals surface area contributed by atoms with Gasteiger partial charge in [0.15, 0.2) is 0 Å². The molecule has 0 aromatic carbocycles. The van der Waals surface area contributed by atoms with Gasteiger partial charge in [-0.1, -0.05) is 6.92 Å². The van der Waals surface area contributed by atoms with Gasteiger partial charge in [-0.15, -0.1) is 0 Å². The van der Waals surface area contributed by atoms with E-state index in [1.807, 2.05) is 0 Å². The van der Waals surface area contributed by atoms with Crippen molar-refractivity contribution in [2.75, 3.05) is 26.6 Å². The third-order valence-corrected chi connectivity index (χ3v) is 0.752. The molecule has 0 bridgehead atoms. The van der Waals surface area contributed by atoms with Crippen LogP contribution in [0.5, 0.6) is 0 Å². The van der Waals surface area contributed by atoms with Crippen LogP contribution in [0.3, 0.4) is 0 Å². The molecule has 0 aliphatic carbocycles. The lowest BCUT2D eigenvalue weighted by molar-refractivity contribution is -0.0286. The number of aliphatic hydroxyl groups is 1. The van der Waals surface area contributed by atoms with E-state index in [1.165, 1.54) is 0 Å². The molecular weight excluding hydrogens is 120 g/mol. The molecule has 3 nitrogen and oxygen atoms in total. The highest BCUT2D eigenvalue weighted by atomic mass is 16.6. The van der Waals surface area contributed by atoms with Crippen molar-refractivity contribution >= 4 is 0 Å². The second-order valence-corrected chi connectivity index (χ2v) is 1.50. The van der Waals surface area contributed by atoms with Crippen molar-refractivity contribution in [3.63, 3.8) is 0 Å². The third-order valence-electron chi connectivity index (χ3n) is 0.752. The Bertz CT molecular complexity index is 41.6. The summed E-state index contributed by atoms with van der Waals surface area (Å²) in [5.74, 6) is 0. The Kier molecular flexibility index (Phi) is 7.77. The molecule has 0 amide bonds. The Morgan fingerprint density at radius 3 is 2.33 bits per heavy atom. The third kappa shape index (κ3) is 7.88. The largest absolute Gasteiger partial charge is 0.379 e. The minimum Gasteiger partial charge on any atom is -0.379 e. The van der Waals surface area contributed by atoms with Gasteiger partial charge in [0, 0.05) is 6.61 Å². The zero-order chi connectivity index (χ0) is 6.95. The molecule has 0 aliphatic rings. The lowest BCUT2D eigenvalue weighted by Gasteiger charge is -2.00. The number of hydrogen-bond donors (Lipinski definition) is 1. The Morgan fingerprint density at radius 1 is 1.11 bits per heavy atom. The average Bonchev–Trinajstić information content (AvgIpc) is 1.89. The van der Waals surface area contributed by atoms with Gasteiger partial charge in [0.25, 0.3) is 0 Å². The van der Waals surface area contributed by atoms with E-state index >= 15 is 0 Å².